The molecule has 1 saturated heterocycles. The minimum Gasteiger partial charge on any atom is -0.354 e. The van der Waals surface area contributed by atoms with E-state index in [9.17, 15) is 8.42 Å². The first-order chi connectivity index (χ1) is 14.5. The van der Waals surface area contributed by atoms with Crippen LogP contribution in [-0.2, 0) is 9.84 Å². The van der Waals surface area contributed by atoms with Gasteiger partial charge in [0.05, 0.1) is 15.1 Å². The number of hydrogen-bond acceptors (Lipinski definition) is 8. The lowest BCUT2D eigenvalue weighted by molar-refractivity contribution is 0.592. The van der Waals surface area contributed by atoms with Gasteiger partial charge in [0.2, 0.25) is 14.9 Å². The number of thioether (sulfide) groups is 1. The van der Waals surface area contributed by atoms with E-state index < -0.39 is 9.84 Å². The molecule has 1 aliphatic heterocycles. The zero-order valence-electron chi connectivity index (χ0n) is 16.6. The van der Waals surface area contributed by atoms with E-state index in [0.29, 0.717) is 5.92 Å². The van der Waals surface area contributed by atoms with Gasteiger partial charge in [-0.2, -0.15) is 16.3 Å². The number of anilines is 1. The highest BCUT2D eigenvalue weighted by molar-refractivity contribution is 7.99. The maximum Gasteiger partial charge on any atom is 0.229 e. The molecule has 4 aromatic rings. The largest absolute Gasteiger partial charge is 0.354 e. The summed E-state index contributed by atoms with van der Waals surface area (Å²) in [6, 6.07) is 8.93. The Hall–Kier alpha value is -2.17. The fraction of sp³-hybridized carbons (Fsp3) is 0.350. The van der Waals surface area contributed by atoms with Gasteiger partial charge in [-0.25, -0.2) is 13.4 Å². The lowest BCUT2D eigenvalue weighted by atomic mass is 10.0. The minimum absolute atomic E-state index is 0.0967. The van der Waals surface area contributed by atoms with Crippen LogP contribution in [0.3, 0.4) is 0 Å². The summed E-state index contributed by atoms with van der Waals surface area (Å²) in [6.45, 7) is 5.93. The molecule has 4 heterocycles. The first-order valence-electron chi connectivity index (χ1n) is 9.77. The van der Waals surface area contributed by atoms with Crippen molar-refractivity contribution < 1.29 is 8.42 Å². The van der Waals surface area contributed by atoms with Crippen LogP contribution in [0.4, 0.5) is 5.82 Å². The molecule has 0 saturated carbocycles. The van der Waals surface area contributed by atoms with Crippen LogP contribution in [0.15, 0.2) is 45.6 Å². The molecule has 0 radical (unpaired) electrons. The van der Waals surface area contributed by atoms with E-state index >= 15 is 0 Å². The molecule has 5 rings (SSSR count). The summed E-state index contributed by atoms with van der Waals surface area (Å²) in [5.74, 6) is 3.22. The Bertz CT molecular complexity index is 1320. The zero-order chi connectivity index (χ0) is 20.9. The molecular formula is C20H21N5O2S3. The summed E-state index contributed by atoms with van der Waals surface area (Å²) in [7, 11) is -3.84. The van der Waals surface area contributed by atoms with Gasteiger partial charge in [-0.05, 0) is 35.1 Å². The third kappa shape index (κ3) is 3.17. The van der Waals surface area contributed by atoms with Crippen molar-refractivity contribution in [3.05, 3.63) is 41.3 Å². The third-order valence-electron chi connectivity index (χ3n) is 5.33. The van der Waals surface area contributed by atoms with Crippen molar-refractivity contribution in [2.75, 3.05) is 29.5 Å². The second kappa shape index (κ2) is 7.51. The van der Waals surface area contributed by atoms with E-state index in [0.717, 1.165) is 46.2 Å². The van der Waals surface area contributed by atoms with Crippen molar-refractivity contribution in [1.82, 2.24) is 19.8 Å². The van der Waals surface area contributed by atoms with E-state index in [1.54, 1.807) is 28.0 Å². The van der Waals surface area contributed by atoms with Gasteiger partial charge in [0.15, 0.2) is 11.5 Å². The molecule has 156 valence electrons. The molecule has 0 unspecified atom stereocenters. The number of fused-ring (bicyclic) bond motifs is 3. The van der Waals surface area contributed by atoms with E-state index in [1.165, 1.54) is 0 Å². The average Bonchev–Trinajstić information content (AvgIpc) is 3.41. The Morgan fingerprint density at radius 3 is 2.50 bits per heavy atom. The molecule has 0 aliphatic carbocycles. The smallest absolute Gasteiger partial charge is 0.229 e. The van der Waals surface area contributed by atoms with Gasteiger partial charge in [-0.3, -0.25) is 0 Å². The third-order valence-corrected chi connectivity index (χ3v) is 8.83. The van der Waals surface area contributed by atoms with E-state index in [-0.39, 0.29) is 15.6 Å². The molecule has 7 nitrogen and oxygen atoms in total. The van der Waals surface area contributed by atoms with Gasteiger partial charge >= 0.3 is 0 Å². The van der Waals surface area contributed by atoms with Crippen LogP contribution in [-0.4, -0.2) is 52.8 Å². The molecule has 0 N–H and O–H groups in total. The number of benzene rings is 1. The fourth-order valence-corrected chi connectivity index (χ4v) is 6.64. The van der Waals surface area contributed by atoms with Gasteiger partial charge in [0.25, 0.3) is 0 Å². The van der Waals surface area contributed by atoms with Crippen LogP contribution in [0.5, 0.6) is 0 Å². The SMILES string of the molecule is CC(C)c1ccc(S(=O)(=O)c2nnn3c2nc(N2CCSCC2)c2sccc23)cc1. The van der Waals surface area contributed by atoms with E-state index in [2.05, 4.69) is 29.1 Å². The summed E-state index contributed by atoms with van der Waals surface area (Å²) in [5, 5.41) is 10.1. The molecule has 3 aromatic heterocycles. The highest BCUT2D eigenvalue weighted by Crippen LogP contribution is 2.34. The van der Waals surface area contributed by atoms with Crippen molar-refractivity contribution in [1.29, 1.82) is 0 Å². The molecule has 1 aliphatic rings. The number of thiophene rings is 1. The van der Waals surface area contributed by atoms with E-state index in [1.807, 2.05) is 35.3 Å². The number of hydrogen-bond donors (Lipinski definition) is 0. The molecule has 10 heteroatoms. The molecule has 1 fully saturated rings. The van der Waals surface area contributed by atoms with Crippen molar-refractivity contribution in [3.8, 4) is 0 Å². The van der Waals surface area contributed by atoms with Crippen molar-refractivity contribution in [2.24, 2.45) is 0 Å². The molecule has 0 bridgehead atoms. The van der Waals surface area contributed by atoms with Gasteiger partial charge in [0.1, 0.15) is 0 Å². The molecule has 0 spiro atoms. The van der Waals surface area contributed by atoms with Crippen molar-refractivity contribution in [3.63, 3.8) is 0 Å². The fourth-order valence-electron chi connectivity index (χ4n) is 3.62. The highest BCUT2D eigenvalue weighted by atomic mass is 32.2. The molecule has 0 atom stereocenters. The monoisotopic (exact) mass is 459 g/mol. The Labute approximate surface area is 183 Å². The highest BCUT2D eigenvalue weighted by Gasteiger charge is 2.28. The van der Waals surface area contributed by atoms with Crippen LogP contribution >= 0.6 is 23.1 Å². The number of sulfone groups is 1. The number of nitrogens with zero attached hydrogens (tertiary/aromatic N) is 5. The quantitative estimate of drug-likeness (QED) is 0.458. The maximum atomic E-state index is 13.4. The lowest BCUT2D eigenvalue weighted by Gasteiger charge is -2.27. The Morgan fingerprint density at radius 2 is 1.80 bits per heavy atom. The summed E-state index contributed by atoms with van der Waals surface area (Å²) in [4.78, 5) is 7.22. The number of rotatable bonds is 4. The molecule has 1 aromatic carbocycles. The Morgan fingerprint density at radius 1 is 1.07 bits per heavy atom. The zero-order valence-corrected chi connectivity index (χ0v) is 19.1. The Balaban J connectivity index is 1.68. The van der Waals surface area contributed by atoms with Crippen molar-refractivity contribution in [2.45, 2.75) is 29.7 Å². The predicted molar refractivity (Wildman–Crippen MR) is 122 cm³/mol. The van der Waals surface area contributed by atoms with Gasteiger partial charge < -0.3 is 4.90 Å². The number of aromatic nitrogens is 4. The van der Waals surface area contributed by atoms with Crippen LogP contribution < -0.4 is 4.90 Å². The van der Waals surface area contributed by atoms with Gasteiger partial charge in [-0.15, -0.1) is 16.4 Å². The standard InChI is InChI=1S/C20H21N5O2S3/c1-13(2)14-3-5-15(6-4-14)30(26,27)20-19-21-18(24-8-11-28-12-9-24)17-16(7-10-29-17)25(19)23-22-20/h3-7,10,13H,8-9,11-12H2,1-2H3. The normalized spacial score (nSPS) is 15.5. The van der Waals surface area contributed by atoms with Gasteiger partial charge in [0, 0.05) is 24.6 Å². The summed E-state index contributed by atoms with van der Waals surface area (Å²) < 4.78 is 29.3. The molecule has 0 amide bonds. The average molecular weight is 460 g/mol. The first-order valence-corrected chi connectivity index (χ1v) is 13.3. The predicted octanol–water partition coefficient (Wildman–Crippen LogP) is 3.85. The second-order valence-corrected chi connectivity index (χ2v) is 11.5. The maximum absolute atomic E-state index is 13.4. The van der Waals surface area contributed by atoms with Crippen LogP contribution in [0.2, 0.25) is 0 Å². The van der Waals surface area contributed by atoms with Crippen LogP contribution in [0.1, 0.15) is 25.3 Å². The van der Waals surface area contributed by atoms with E-state index in [4.69, 9.17) is 4.98 Å². The van der Waals surface area contributed by atoms with Gasteiger partial charge in [-0.1, -0.05) is 31.2 Å². The topological polar surface area (TPSA) is 80.5 Å². The lowest BCUT2D eigenvalue weighted by Crippen LogP contribution is -2.33. The summed E-state index contributed by atoms with van der Waals surface area (Å²) in [6.07, 6.45) is 0. The summed E-state index contributed by atoms with van der Waals surface area (Å²) in [5.41, 5.74) is 2.20. The van der Waals surface area contributed by atoms with Crippen LogP contribution in [0.25, 0.3) is 15.9 Å². The van der Waals surface area contributed by atoms with Crippen molar-refractivity contribution >= 4 is 54.6 Å². The first kappa shape index (κ1) is 19.8. The minimum atomic E-state index is -3.84. The second-order valence-electron chi connectivity index (χ2n) is 7.53. The van der Waals surface area contributed by atoms with Crippen LogP contribution in [0, 0.1) is 0 Å². The molecular weight excluding hydrogens is 438 g/mol. The summed E-state index contributed by atoms with van der Waals surface area (Å²) >= 11 is 3.51. The molecule has 30 heavy (non-hydrogen) atoms. The Kier molecular flexibility index (Phi) is 4.95.